The van der Waals surface area contributed by atoms with Gasteiger partial charge in [-0.05, 0) is 48.4 Å². The zero-order valence-electron chi connectivity index (χ0n) is 12.1. The summed E-state index contributed by atoms with van der Waals surface area (Å²) in [6, 6.07) is 12.9. The van der Waals surface area contributed by atoms with E-state index >= 15 is 0 Å². The second kappa shape index (κ2) is 5.93. The van der Waals surface area contributed by atoms with Crippen molar-refractivity contribution in [2.45, 2.75) is 13.3 Å². The van der Waals surface area contributed by atoms with Crippen molar-refractivity contribution in [1.29, 1.82) is 0 Å². The Kier molecular flexibility index (Phi) is 3.98. The van der Waals surface area contributed by atoms with E-state index in [9.17, 15) is 9.59 Å². The molecule has 0 saturated heterocycles. The van der Waals surface area contributed by atoms with Gasteiger partial charge in [0.1, 0.15) is 0 Å². The maximum absolute atomic E-state index is 12.3. The summed E-state index contributed by atoms with van der Waals surface area (Å²) >= 11 is 3.38. The van der Waals surface area contributed by atoms with Gasteiger partial charge in [-0.15, -0.1) is 0 Å². The first-order chi connectivity index (χ1) is 10.5. The maximum atomic E-state index is 12.3. The summed E-state index contributed by atoms with van der Waals surface area (Å²) in [7, 11) is 0. The van der Waals surface area contributed by atoms with Crippen LogP contribution >= 0.6 is 15.9 Å². The molecule has 1 aliphatic heterocycles. The number of benzene rings is 2. The number of hydrogen-bond donors (Lipinski definition) is 1. The van der Waals surface area contributed by atoms with Gasteiger partial charge in [0.15, 0.2) is 0 Å². The van der Waals surface area contributed by atoms with Crippen LogP contribution in [0.3, 0.4) is 0 Å². The molecule has 0 atom stereocenters. The fourth-order valence-electron chi connectivity index (χ4n) is 2.64. The molecule has 0 aromatic heterocycles. The average Bonchev–Trinajstić information content (AvgIpc) is 2.90. The SMILES string of the molecule is CC(=O)N1CCc2cc(C(=O)Nc3cccc(Br)c3)ccc21. The van der Waals surface area contributed by atoms with Gasteiger partial charge < -0.3 is 10.2 Å². The summed E-state index contributed by atoms with van der Waals surface area (Å²) in [5.41, 5.74) is 3.29. The maximum Gasteiger partial charge on any atom is 0.255 e. The summed E-state index contributed by atoms with van der Waals surface area (Å²) < 4.78 is 0.913. The molecule has 0 fully saturated rings. The van der Waals surface area contributed by atoms with Crippen molar-refractivity contribution in [1.82, 2.24) is 0 Å². The van der Waals surface area contributed by atoms with E-state index < -0.39 is 0 Å². The first-order valence-corrected chi connectivity index (χ1v) is 7.82. The van der Waals surface area contributed by atoms with Crippen LogP contribution in [0.1, 0.15) is 22.8 Å². The molecule has 0 bridgehead atoms. The zero-order valence-corrected chi connectivity index (χ0v) is 13.7. The van der Waals surface area contributed by atoms with E-state index in [-0.39, 0.29) is 11.8 Å². The Morgan fingerprint density at radius 1 is 1.18 bits per heavy atom. The summed E-state index contributed by atoms with van der Waals surface area (Å²) in [6.07, 6.45) is 0.785. The van der Waals surface area contributed by atoms with Crippen molar-refractivity contribution in [3.05, 3.63) is 58.1 Å². The molecular weight excluding hydrogens is 344 g/mol. The Balaban J connectivity index is 1.81. The van der Waals surface area contributed by atoms with Crippen molar-refractivity contribution in [3.63, 3.8) is 0 Å². The van der Waals surface area contributed by atoms with Gasteiger partial charge in [-0.25, -0.2) is 0 Å². The average molecular weight is 359 g/mol. The molecule has 1 heterocycles. The fourth-order valence-corrected chi connectivity index (χ4v) is 3.04. The second-order valence-corrected chi connectivity index (χ2v) is 6.14. The molecule has 2 amide bonds. The number of carbonyl (C=O) groups is 2. The fraction of sp³-hybridized carbons (Fsp3) is 0.176. The quantitative estimate of drug-likeness (QED) is 0.891. The minimum atomic E-state index is -0.151. The molecule has 2 aromatic carbocycles. The van der Waals surface area contributed by atoms with Crippen molar-refractivity contribution in [3.8, 4) is 0 Å². The van der Waals surface area contributed by atoms with E-state index in [0.717, 1.165) is 27.8 Å². The second-order valence-electron chi connectivity index (χ2n) is 5.23. The van der Waals surface area contributed by atoms with Crippen LogP contribution in [-0.2, 0) is 11.2 Å². The largest absolute Gasteiger partial charge is 0.322 e. The first kappa shape index (κ1) is 14.8. The lowest BCUT2D eigenvalue weighted by Gasteiger charge is -2.14. The van der Waals surface area contributed by atoms with Gasteiger partial charge >= 0.3 is 0 Å². The number of fused-ring (bicyclic) bond motifs is 1. The highest BCUT2D eigenvalue weighted by atomic mass is 79.9. The number of nitrogens with zero attached hydrogens (tertiary/aromatic N) is 1. The molecule has 1 aliphatic rings. The predicted octanol–water partition coefficient (Wildman–Crippen LogP) is 3.61. The number of nitrogens with one attached hydrogen (secondary N) is 1. The van der Waals surface area contributed by atoms with Gasteiger partial charge in [0.05, 0.1) is 0 Å². The number of rotatable bonds is 2. The molecule has 0 aliphatic carbocycles. The minimum absolute atomic E-state index is 0.0325. The van der Waals surface area contributed by atoms with Gasteiger partial charge in [0, 0.05) is 34.9 Å². The van der Waals surface area contributed by atoms with E-state index in [1.165, 1.54) is 0 Å². The van der Waals surface area contributed by atoms with Crippen LogP contribution in [0.5, 0.6) is 0 Å². The van der Waals surface area contributed by atoms with Crippen LogP contribution in [0.4, 0.5) is 11.4 Å². The molecule has 112 valence electrons. The molecule has 22 heavy (non-hydrogen) atoms. The summed E-state index contributed by atoms with van der Waals surface area (Å²) in [4.78, 5) is 25.6. The number of halogens is 1. The highest BCUT2D eigenvalue weighted by Crippen LogP contribution is 2.29. The number of amides is 2. The molecule has 5 heteroatoms. The van der Waals surface area contributed by atoms with Crippen molar-refractivity contribution >= 4 is 39.1 Å². The molecule has 1 N–H and O–H groups in total. The summed E-state index contributed by atoms with van der Waals surface area (Å²) in [6.45, 7) is 2.24. The Labute approximate surface area is 137 Å². The van der Waals surface area contributed by atoms with Crippen molar-refractivity contribution < 1.29 is 9.59 Å². The van der Waals surface area contributed by atoms with Gasteiger partial charge in [-0.3, -0.25) is 9.59 Å². The van der Waals surface area contributed by atoms with Crippen molar-refractivity contribution in [2.75, 3.05) is 16.8 Å². The Morgan fingerprint density at radius 2 is 2.00 bits per heavy atom. The third kappa shape index (κ3) is 2.90. The first-order valence-electron chi connectivity index (χ1n) is 7.02. The highest BCUT2D eigenvalue weighted by molar-refractivity contribution is 9.10. The zero-order chi connectivity index (χ0) is 15.7. The van der Waals surface area contributed by atoms with E-state index in [0.29, 0.717) is 12.1 Å². The Morgan fingerprint density at radius 3 is 2.73 bits per heavy atom. The van der Waals surface area contributed by atoms with Gasteiger partial charge in [-0.1, -0.05) is 22.0 Å². The van der Waals surface area contributed by atoms with Crippen LogP contribution in [0.15, 0.2) is 46.9 Å². The van der Waals surface area contributed by atoms with Crippen molar-refractivity contribution in [2.24, 2.45) is 0 Å². The molecule has 0 saturated carbocycles. The number of hydrogen-bond acceptors (Lipinski definition) is 2. The molecule has 3 rings (SSSR count). The third-order valence-electron chi connectivity index (χ3n) is 3.70. The number of anilines is 2. The summed E-state index contributed by atoms with van der Waals surface area (Å²) in [5, 5.41) is 2.87. The number of carbonyl (C=O) groups excluding carboxylic acids is 2. The van der Waals surface area contributed by atoms with E-state index in [1.807, 2.05) is 36.4 Å². The van der Waals surface area contributed by atoms with Gasteiger partial charge in [0.25, 0.3) is 5.91 Å². The van der Waals surface area contributed by atoms with E-state index in [1.54, 1.807) is 17.9 Å². The van der Waals surface area contributed by atoms with Gasteiger partial charge in [0.2, 0.25) is 5.91 Å². The minimum Gasteiger partial charge on any atom is -0.322 e. The smallest absolute Gasteiger partial charge is 0.255 e. The normalized spacial score (nSPS) is 12.9. The lowest BCUT2D eigenvalue weighted by Crippen LogP contribution is -2.25. The predicted molar refractivity (Wildman–Crippen MR) is 90.3 cm³/mol. The Bertz CT molecular complexity index is 758. The molecule has 2 aromatic rings. The van der Waals surface area contributed by atoms with Crippen LogP contribution in [0, 0.1) is 0 Å². The van der Waals surface area contributed by atoms with E-state index in [4.69, 9.17) is 0 Å². The van der Waals surface area contributed by atoms with Crippen LogP contribution in [-0.4, -0.2) is 18.4 Å². The molecule has 0 radical (unpaired) electrons. The van der Waals surface area contributed by atoms with E-state index in [2.05, 4.69) is 21.2 Å². The third-order valence-corrected chi connectivity index (χ3v) is 4.19. The monoisotopic (exact) mass is 358 g/mol. The van der Waals surface area contributed by atoms with Gasteiger partial charge in [-0.2, -0.15) is 0 Å². The van der Waals surface area contributed by atoms with Crippen LogP contribution in [0.2, 0.25) is 0 Å². The summed E-state index contributed by atoms with van der Waals surface area (Å²) in [5.74, 6) is -0.118. The van der Waals surface area contributed by atoms with Crippen LogP contribution in [0.25, 0.3) is 0 Å². The standard InChI is InChI=1S/C17H15BrN2O2/c1-11(21)20-8-7-12-9-13(5-6-16(12)20)17(22)19-15-4-2-3-14(18)10-15/h2-6,9-10H,7-8H2,1H3,(H,19,22). The lowest BCUT2D eigenvalue weighted by molar-refractivity contribution is -0.116. The van der Waals surface area contributed by atoms with Crippen LogP contribution < -0.4 is 10.2 Å². The molecular formula is C17H15BrN2O2. The lowest BCUT2D eigenvalue weighted by atomic mass is 10.1. The molecule has 4 nitrogen and oxygen atoms in total. The molecule has 0 spiro atoms. The molecule has 0 unspecified atom stereocenters. The Hall–Kier alpha value is -2.14. The topological polar surface area (TPSA) is 49.4 Å². The highest BCUT2D eigenvalue weighted by Gasteiger charge is 2.23.